The van der Waals surface area contributed by atoms with Crippen LogP contribution in [0.5, 0.6) is 0 Å². The molecule has 0 radical (unpaired) electrons. The van der Waals surface area contributed by atoms with Crippen LogP contribution in [-0.4, -0.2) is 52.4 Å². The van der Waals surface area contributed by atoms with E-state index < -0.39 is 14.3 Å². The number of carboxylic acids is 1. The van der Waals surface area contributed by atoms with Crippen LogP contribution in [0, 0.1) is 0 Å². The second kappa shape index (κ2) is 7.81. The first-order chi connectivity index (χ1) is 6.92. The fourth-order valence-electron chi connectivity index (χ4n) is 0.786. The van der Waals surface area contributed by atoms with Gasteiger partial charge in [0.25, 0.3) is 0 Å². The number of hydrogen-bond donors (Lipinski definition) is 1. The van der Waals surface area contributed by atoms with E-state index in [1.807, 2.05) is 0 Å². The summed E-state index contributed by atoms with van der Waals surface area (Å²) >= 11 is 0. The van der Waals surface area contributed by atoms with Gasteiger partial charge in [0.1, 0.15) is 6.61 Å². The number of carboxylic acid groups (broad SMARTS) is 1. The van der Waals surface area contributed by atoms with Gasteiger partial charge >= 0.3 is 5.97 Å². The van der Waals surface area contributed by atoms with Gasteiger partial charge in [-0.3, -0.25) is 0 Å². The summed E-state index contributed by atoms with van der Waals surface area (Å²) in [7, 11) is -1.44. The first-order valence-corrected chi connectivity index (χ1v) is 8.34. The number of ether oxygens (including phenoxy) is 2. The lowest BCUT2D eigenvalue weighted by molar-refractivity contribution is -0.142. The smallest absolute Gasteiger partial charge is 0.329 e. The fourth-order valence-corrected chi connectivity index (χ4v) is 1.48. The topological polar surface area (TPSA) is 65.0 Å². The third-order valence-electron chi connectivity index (χ3n) is 1.36. The first-order valence-electron chi connectivity index (χ1n) is 4.93. The second-order valence-corrected chi connectivity index (χ2v) is 8.53. The van der Waals surface area contributed by atoms with Crippen LogP contribution < -0.4 is 0 Å². The zero-order valence-corrected chi connectivity index (χ0v) is 10.6. The van der Waals surface area contributed by atoms with Crippen LogP contribution in [0.4, 0.5) is 0 Å². The van der Waals surface area contributed by atoms with Crippen LogP contribution in [0.25, 0.3) is 0 Å². The lowest BCUT2D eigenvalue weighted by atomic mass is 10.7. The van der Waals surface area contributed by atoms with E-state index in [4.69, 9.17) is 19.0 Å². The molecule has 0 aliphatic heterocycles. The van der Waals surface area contributed by atoms with Crippen molar-refractivity contribution in [2.75, 3.05) is 33.0 Å². The van der Waals surface area contributed by atoms with Gasteiger partial charge in [0.2, 0.25) is 0 Å². The van der Waals surface area contributed by atoms with E-state index >= 15 is 0 Å². The van der Waals surface area contributed by atoms with Gasteiger partial charge < -0.3 is 19.0 Å². The molecular weight excluding hydrogens is 216 g/mol. The maximum atomic E-state index is 10.1. The quantitative estimate of drug-likeness (QED) is 0.477. The van der Waals surface area contributed by atoms with Crippen LogP contribution in [0.2, 0.25) is 19.6 Å². The monoisotopic (exact) mass is 236 g/mol. The van der Waals surface area contributed by atoms with E-state index in [0.29, 0.717) is 26.4 Å². The van der Waals surface area contributed by atoms with Crippen molar-refractivity contribution in [2.24, 2.45) is 0 Å². The molecular formula is C9H20O5Si. The number of aliphatic carboxylic acids is 1. The van der Waals surface area contributed by atoms with Gasteiger partial charge in [-0.25, -0.2) is 4.79 Å². The van der Waals surface area contributed by atoms with Gasteiger partial charge in [-0.1, -0.05) is 0 Å². The zero-order valence-electron chi connectivity index (χ0n) is 9.62. The predicted molar refractivity (Wildman–Crippen MR) is 58.6 cm³/mol. The van der Waals surface area contributed by atoms with Gasteiger partial charge in [-0.05, 0) is 19.6 Å². The Bertz CT molecular complexity index is 178. The van der Waals surface area contributed by atoms with Crippen LogP contribution in [0.3, 0.4) is 0 Å². The van der Waals surface area contributed by atoms with Gasteiger partial charge in [-0.2, -0.15) is 0 Å². The summed E-state index contributed by atoms with van der Waals surface area (Å²) in [4.78, 5) is 10.1. The third kappa shape index (κ3) is 13.6. The van der Waals surface area contributed by atoms with Gasteiger partial charge in [0.05, 0.1) is 26.4 Å². The molecule has 0 saturated carbocycles. The Balaban J connectivity index is 3.09. The molecule has 0 spiro atoms. The highest BCUT2D eigenvalue weighted by atomic mass is 28.4. The molecule has 15 heavy (non-hydrogen) atoms. The van der Waals surface area contributed by atoms with Crippen LogP contribution in [-0.2, 0) is 18.7 Å². The summed E-state index contributed by atoms with van der Waals surface area (Å²) in [5.41, 5.74) is 0. The molecule has 0 atom stereocenters. The molecule has 0 aromatic carbocycles. The molecule has 5 nitrogen and oxygen atoms in total. The number of hydrogen-bond acceptors (Lipinski definition) is 4. The average Bonchev–Trinajstić information content (AvgIpc) is 2.07. The summed E-state index contributed by atoms with van der Waals surface area (Å²) in [6, 6.07) is 0. The molecule has 0 unspecified atom stereocenters. The normalized spacial score (nSPS) is 11.7. The van der Waals surface area contributed by atoms with Crippen LogP contribution in [0.15, 0.2) is 0 Å². The molecule has 0 aliphatic rings. The minimum Gasteiger partial charge on any atom is -0.480 e. The summed E-state index contributed by atoms with van der Waals surface area (Å²) in [6.45, 7) is 7.90. The standard InChI is InChI=1S/C9H20O5Si/c1-15(2,3)14-7-6-12-4-5-13-8-9(10)11/h4-8H2,1-3H3,(H,10,11). The lowest BCUT2D eigenvalue weighted by Gasteiger charge is -2.16. The van der Waals surface area contributed by atoms with E-state index in [0.717, 1.165) is 0 Å². The Labute approximate surface area is 91.5 Å². The molecule has 0 aromatic rings. The fraction of sp³-hybridized carbons (Fsp3) is 0.889. The Kier molecular flexibility index (Phi) is 7.58. The lowest BCUT2D eigenvalue weighted by Crippen LogP contribution is -2.27. The molecule has 0 heterocycles. The van der Waals surface area contributed by atoms with Crippen molar-refractivity contribution in [1.29, 1.82) is 0 Å². The van der Waals surface area contributed by atoms with Gasteiger partial charge in [-0.15, -0.1) is 0 Å². The Morgan fingerprint density at radius 1 is 1.07 bits per heavy atom. The Hall–Kier alpha value is -0.433. The third-order valence-corrected chi connectivity index (χ3v) is 2.43. The second-order valence-electron chi connectivity index (χ2n) is 4.02. The highest BCUT2D eigenvalue weighted by molar-refractivity contribution is 6.69. The Morgan fingerprint density at radius 3 is 2.13 bits per heavy atom. The van der Waals surface area contributed by atoms with E-state index in [-0.39, 0.29) is 6.61 Å². The predicted octanol–water partition coefficient (Wildman–Crippen LogP) is 0.956. The van der Waals surface area contributed by atoms with E-state index in [9.17, 15) is 4.79 Å². The van der Waals surface area contributed by atoms with E-state index in [2.05, 4.69) is 19.6 Å². The molecule has 0 fully saturated rings. The van der Waals surface area contributed by atoms with E-state index in [1.165, 1.54) is 0 Å². The molecule has 0 bridgehead atoms. The van der Waals surface area contributed by atoms with Crippen molar-refractivity contribution in [2.45, 2.75) is 19.6 Å². The summed E-state index contributed by atoms with van der Waals surface area (Å²) in [6.07, 6.45) is 0. The molecule has 0 rings (SSSR count). The molecule has 0 aromatic heterocycles. The molecule has 0 amide bonds. The Morgan fingerprint density at radius 2 is 1.60 bits per heavy atom. The van der Waals surface area contributed by atoms with Crippen LogP contribution >= 0.6 is 0 Å². The zero-order chi connectivity index (χ0) is 11.7. The van der Waals surface area contributed by atoms with Crippen molar-refractivity contribution < 1.29 is 23.8 Å². The molecule has 0 aliphatic carbocycles. The maximum Gasteiger partial charge on any atom is 0.329 e. The summed E-state index contributed by atoms with van der Waals surface area (Å²) in [5, 5.41) is 8.26. The van der Waals surface area contributed by atoms with E-state index in [1.54, 1.807) is 0 Å². The summed E-state index contributed by atoms with van der Waals surface area (Å²) in [5.74, 6) is -0.961. The van der Waals surface area contributed by atoms with Gasteiger partial charge in [0, 0.05) is 0 Å². The highest BCUT2D eigenvalue weighted by Crippen LogP contribution is 2.01. The maximum absolute atomic E-state index is 10.1. The molecule has 90 valence electrons. The molecule has 6 heteroatoms. The van der Waals surface area contributed by atoms with Crippen molar-refractivity contribution in [3.05, 3.63) is 0 Å². The van der Waals surface area contributed by atoms with Crippen LogP contribution in [0.1, 0.15) is 0 Å². The minimum absolute atomic E-state index is 0.269. The SMILES string of the molecule is C[Si](C)(C)OCCOCCOCC(=O)O. The number of carbonyl (C=O) groups is 1. The largest absolute Gasteiger partial charge is 0.480 e. The summed E-state index contributed by atoms with van der Waals surface area (Å²) < 4.78 is 15.5. The van der Waals surface area contributed by atoms with Crippen molar-refractivity contribution >= 4 is 14.3 Å². The number of rotatable bonds is 9. The first kappa shape index (κ1) is 14.6. The van der Waals surface area contributed by atoms with Crippen molar-refractivity contribution in [3.8, 4) is 0 Å². The minimum atomic E-state index is -1.44. The molecule has 1 N–H and O–H groups in total. The highest BCUT2D eigenvalue weighted by Gasteiger charge is 2.12. The average molecular weight is 236 g/mol. The van der Waals surface area contributed by atoms with Crippen molar-refractivity contribution in [1.82, 2.24) is 0 Å². The van der Waals surface area contributed by atoms with Gasteiger partial charge in [0.15, 0.2) is 8.32 Å². The van der Waals surface area contributed by atoms with Crippen molar-refractivity contribution in [3.63, 3.8) is 0 Å². The molecule has 0 saturated heterocycles.